The molecule has 0 bridgehead atoms. The summed E-state index contributed by atoms with van der Waals surface area (Å²) >= 11 is 6.56. The lowest BCUT2D eigenvalue weighted by Crippen LogP contribution is -2.02. The maximum absolute atomic E-state index is 11.5. The molecule has 1 aromatic rings. The van der Waals surface area contributed by atoms with Crippen LogP contribution in [0.4, 0.5) is 5.69 Å². The third kappa shape index (κ3) is 2.82. The van der Waals surface area contributed by atoms with Crippen LogP contribution >= 0.6 is 31.9 Å². The van der Waals surface area contributed by atoms with Crippen LogP contribution in [0, 0.1) is 0 Å². The molecule has 2 nitrogen and oxygen atoms in total. The Morgan fingerprint density at radius 2 is 2.07 bits per heavy atom. The van der Waals surface area contributed by atoms with Crippen molar-refractivity contribution in [2.45, 2.75) is 11.8 Å². The van der Waals surface area contributed by atoms with E-state index < -0.39 is 0 Å². The van der Waals surface area contributed by atoms with E-state index in [0.717, 1.165) is 5.56 Å². The zero-order valence-electron chi connectivity index (χ0n) is 7.59. The Labute approximate surface area is 100 Å². The molecule has 1 rings (SSSR count). The van der Waals surface area contributed by atoms with Crippen molar-refractivity contribution in [3.05, 3.63) is 29.3 Å². The summed E-state index contributed by atoms with van der Waals surface area (Å²) in [5.41, 5.74) is 8.14. The minimum atomic E-state index is 0.120. The van der Waals surface area contributed by atoms with Gasteiger partial charge in [-0.1, -0.05) is 44.0 Å². The van der Waals surface area contributed by atoms with Crippen LogP contribution < -0.4 is 5.73 Å². The van der Waals surface area contributed by atoms with E-state index in [2.05, 4.69) is 31.9 Å². The van der Waals surface area contributed by atoms with Crippen LogP contribution in [0.5, 0.6) is 0 Å². The highest BCUT2D eigenvalue weighted by atomic mass is 79.9. The fraction of sp³-hybridized carbons (Fsp3) is 0.300. The first-order valence-corrected chi connectivity index (χ1v) is 6.47. The number of alkyl halides is 2. The normalized spacial score (nSPS) is 10.1. The SMILES string of the molecule is Nc1cc(C(=O)CCBr)ccc1CBr. The second kappa shape index (κ2) is 5.51. The summed E-state index contributed by atoms with van der Waals surface area (Å²) < 4.78 is 0. The average molecular weight is 321 g/mol. The Morgan fingerprint density at radius 3 is 2.57 bits per heavy atom. The molecule has 0 saturated heterocycles. The highest BCUT2D eigenvalue weighted by Crippen LogP contribution is 2.18. The fourth-order valence-electron chi connectivity index (χ4n) is 1.12. The van der Waals surface area contributed by atoms with Crippen LogP contribution in [0.25, 0.3) is 0 Å². The van der Waals surface area contributed by atoms with Crippen molar-refractivity contribution in [2.75, 3.05) is 11.1 Å². The minimum Gasteiger partial charge on any atom is -0.398 e. The predicted molar refractivity (Wildman–Crippen MR) is 66.2 cm³/mol. The lowest BCUT2D eigenvalue weighted by molar-refractivity contribution is 0.0990. The Balaban J connectivity index is 2.91. The Hall–Kier alpha value is -0.350. The quantitative estimate of drug-likeness (QED) is 0.526. The third-order valence-electron chi connectivity index (χ3n) is 1.93. The molecule has 0 unspecified atom stereocenters. The topological polar surface area (TPSA) is 43.1 Å². The first-order chi connectivity index (χ1) is 6.69. The van der Waals surface area contributed by atoms with Crippen molar-refractivity contribution in [3.8, 4) is 0 Å². The summed E-state index contributed by atoms with van der Waals surface area (Å²) in [5.74, 6) is 0.120. The number of carbonyl (C=O) groups excluding carboxylic acids is 1. The number of nitrogen functional groups attached to an aromatic ring is 1. The summed E-state index contributed by atoms with van der Waals surface area (Å²) in [7, 11) is 0. The first kappa shape index (κ1) is 11.7. The standard InChI is InChI=1S/C10H11Br2NO/c11-4-3-10(14)7-1-2-8(6-12)9(13)5-7/h1-2,5H,3-4,6,13H2. The van der Waals surface area contributed by atoms with Crippen LogP contribution in [0.2, 0.25) is 0 Å². The van der Waals surface area contributed by atoms with Gasteiger partial charge in [0.2, 0.25) is 0 Å². The number of Topliss-reactive ketones (excluding diaryl/α,β-unsaturated/α-hetero) is 1. The van der Waals surface area contributed by atoms with Gasteiger partial charge >= 0.3 is 0 Å². The Morgan fingerprint density at radius 1 is 1.36 bits per heavy atom. The number of hydrogen-bond donors (Lipinski definition) is 1. The van der Waals surface area contributed by atoms with Gasteiger partial charge in [0.05, 0.1) is 0 Å². The van der Waals surface area contributed by atoms with Crippen molar-refractivity contribution in [3.63, 3.8) is 0 Å². The van der Waals surface area contributed by atoms with Crippen LogP contribution in [-0.2, 0) is 5.33 Å². The van der Waals surface area contributed by atoms with Gasteiger partial charge in [-0.15, -0.1) is 0 Å². The molecule has 0 heterocycles. The fourth-order valence-corrected chi connectivity index (χ4v) is 1.99. The predicted octanol–water partition coefficient (Wildman–Crippen LogP) is 3.13. The van der Waals surface area contributed by atoms with Gasteiger partial charge in [0, 0.05) is 28.3 Å². The summed E-state index contributed by atoms with van der Waals surface area (Å²) in [6.07, 6.45) is 0.507. The maximum Gasteiger partial charge on any atom is 0.163 e. The first-order valence-electron chi connectivity index (χ1n) is 4.22. The number of carbonyl (C=O) groups is 1. The number of benzene rings is 1. The largest absolute Gasteiger partial charge is 0.398 e. The Bertz CT molecular complexity index is 339. The molecule has 76 valence electrons. The van der Waals surface area contributed by atoms with Crippen LogP contribution in [-0.4, -0.2) is 11.1 Å². The molecule has 0 spiro atoms. The lowest BCUT2D eigenvalue weighted by atomic mass is 10.1. The van der Waals surface area contributed by atoms with E-state index in [1.807, 2.05) is 12.1 Å². The number of hydrogen-bond acceptors (Lipinski definition) is 2. The lowest BCUT2D eigenvalue weighted by Gasteiger charge is -2.04. The van der Waals surface area contributed by atoms with Crippen molar-refractivity contribution >= 4 is 43.3 Å². The molecule has 14 heavy (non-hydrogen) atoms. The molecular weight excluding hydrogens is 310 g/mol. The van der Waals surface area contributed by atoms with Crippen molar-refractivity contribution in [2.24, 2.45) is 0 Å². The number of rotatable bonds is 4. The minimum absolute atomic E-state index is 0.120. The van der Waals surface area contributed by atoms with Crippen molar-refractivity contribution in [1.82, 2.24) is 0 Å². The van der Waals surface area contributed by atoms with E-state index in [1.165, 1.54) is 0 Å². The molecular formula is C10H11Br2NO. The van der Waals surface area contributed by atoms with E-state index >= 15 is 0 Å². The zero-order chi connectivity index (χ0) is 10.6. The van der Waals surface area contributed by atoms with E-state index in [4.69, 9.17) is 5.73 Å². The number of halogens is 2. The van der Waals surface area contributed by atoms with E-state index in [0.29, 0.717) is 28.3 Å². The summed E-state index contributed by atoms with van der Waals surface area (Å²) in [6.45, 7) is 0. The van der Waals surface area contributed by atoms with Crippen molar-refractivity contribution in [1.29, 1.82) is 0 Å². The monoisotopic (exact) mass is 319 g/mol. The van der Waals surface area contributed by atoms with E-state index in [1.54, 1.807) is 6.07 Å². The highest BCUT2D eigenvalue weighted by Gasteiger charge is 2.06. The van der Waals surface area contributed by atoms with Gasteiger partial charge in [-0.05, 0) is 11.6 Å². The molecule has 4 heteroatoms. The van der Waals surface area contributed by atoms with Crippen molar-refractivity contribution < 1.29 is 4.79 Å². The number of anilines is 1. The van der Waals surface area contributed by atoms with Gasteiger partial charge in [0.25, 0.3) is 0 Å². The van der Waals surface area contributed by atoms with E-state index in [-0.39, 0.29) is 5.78 Å². The molecule has 1 aromatic carbocycles. The molecule has 0 aliphatic heterocycles. The van der Waals surface area contributed by atoms with Gasteiger partial charge in [-0.3, -0.25) is 4.79 Å². The summed E-state index contributed by atoms with van der Waals surface area (Å²) in [6, 6.07) is 5.44. The van der Waals surface area contributed by atoms with Crippen LogP contribution in [0.15, 0.2) is 18.2 Å². The Kier molecular flexibility index (Phi) is 4.62. The van der Waals surface area contributed by atoms with Gasteiger partial charge in [0.15, 0.2) is 5.78 Å². The molecule has 0 atom stereocenters. The molecule has 0 amide bonds. The second-order valence-electron chi connectivity index (χ2n) is 2.91. The highest BCUT2D eigenvalue weighted by molar-refractivity contribution is 9.09. The maximum atomic E-state index is 11.5. The average Bonchev–Trinajstić information content (AvgIpc) is 2.18. The summed E-state index contributed by atoms with van der Waals surface area (Å²) in [5, 5.41) is 1.40. The van der Waals surface area contributed by atoms with Gasteiger partial charge in [0.1, 0.15) is 0 Å². The zero-order valence-corrected chi connectivity index (χ0v) is 10.8. The number of nitrogens with two attached hydrogens (primary N) is 1. The van der Waals surface area contributed by atoms with Gasteiger partial charge in [-0.2, -0.15) is 0 Å². The smallest absolute Gasteiger partial charge is 0.163 e. The molecule has 0 radical (unpaired) electrons. The second-order valence-corrected chi connectivity index (χ2v) is 4.26. The number of ketones is 1. The molecule has 0 aliphatic rings. The molecule has 0 saturated carbocycles. The molecule has 0 fully saturated rings. The molecule has 2 N–H and O–H groups in total. The molecule has 0 aromatic heterocycles. The summed E-state index contributed by atoms with van der Waals surface area (Å²) in [4.78, 5) is 11.5. The van der Waals surface area contributed by atoms with Gasteiger partial charge < -0.3 is 5.73 Å². The van der Waals surface area contributed by atoms with Crippen LogP contribution in [0.3, 0.4) is 0 Å². The van der Waals surface area contributed by atoms with Crippen LogP contribution in [0.1, 0.15) is 22.3 Å². The van der Waals surface area contributed by atoms with Gasteiger partial charge in [-0.25, -0.2) is 0 Å². The molecule has 0 aliphatic carbocycles. The third-order valence-corrected chi connectivity index (χ3v) is 2.93. The van der Waals surface area contributed by atoms with E-state index in [9.17, 15) is 4.79 Å².